The number of pyridine rings is 1. The molecule has 2 heterocycles. The van der Waals surface area contributed by atoms with E-state index >= 15 is 0 Å². The minimum Gasteiger partial charge on any atom is -0.368 e. The van der Waals surface area contributed by atoms with Crippen molar-refractivity contribution in [2.45, 2.75) is 6.54 Å². The summed E-state index contributed by atoms with van der Waals surface area (Å²) in [6.07, 6.45) is 1.81. The second-order valence-corrected chi connectivity index (χ2v) is 5.14. The number of nitrogens with zero attached hydrogens (tertiary/aromatic N) is 3. The van der Waals surface area contributed by atoms with Gasteiger partial charge in [-0.1, -0.05) is 6.07 Å². The third-order valence-corrected chi connectivity index (χ3v) is 3.86. The van der Waals surface area contributed by atoms with Gasteiger partial charge in [-0.15, -0.1) is 0 Å². The van der Waals surface area contributed by atoms with Crippen molar-refractivity contribution in [3.05, 3.63) is 54.0 Å². The minimum absolute atomic E-state index is 0.196. The predicted octanol–water partition coefficient (Wildman–Crippen LogP) is 2.01. The molecule has 0 amide bonds. The van der Waals surface area contributed by atoms with Gasteiger partial charge in [-0.25, -0.2) is 9.37 Å². The zero-order chi connectivity index (χ0) is 14.7. The van der Waals surface area contributed by atoms with Crippen molar-refractivity contribution < 1.29 is 4.39 Å². The van der Waals surface area contributed by atoms with Gasteiger partial charge in [0.05, 0.1) is 0 Å². The van der Waals surface area contributed by atoms with Crippen LogP contribution in [0.25, 0.3) is 0 Å². The Hall–Kier alpha value is -2.14. The number of benzene rings is 1. The summed E-state index contributed by atoms with van der Waals surface area (Å²) >= 11 is 0. The maximum Gasteiger partial charge on any atom is 0.133 e. The van der Waals surface area contributed by atoms with Gasteiger partial charge < -0.3 is 15.5 Å². The van der Waals surface area contributed by atoms with E-state index in [-0.39, 0.29) is 5.82 Å². The molecule has 110 valence electrons. The Bertz CT molecular complexity index is 591. The molecule has 1 aliphatic rings. The van der Waals surface area contributed by atoms with Gasteiger partial charge in [0.1, 0.15) is 11.6 Å². The van der Waals surface area contributed by atoms with Crippen LogP contribution in [-0.2, 0) is 6.54 Å². The first-order valence-corrected chi connectivity index (χ1v) is 7.17. The first kappa shape index (κ1) is 13.8. The number of rotatable bonds is 3. The van der Waals surface area contributed by atoms with E-state index in [1.807, 2.05) is 24.3 Å². The highest BCUT2D eigenvalue weighted by atomic mass is 19.1. The molecule has 0 spiro atoms. The zero-order valence-corrected chi connectivity index (χ0v) is 11.9. The van der Waals surface area contributed by atoms with Gasteiger partial charge >= 0.3 is 0 Å². The first-order chi connectivity index (χ1) is 10.3. The van der Waals surface area contributed by atoms with Crippen LogP contribution >= 0.6 is 0 Å². The summed E-state index contributed by atoms with van der Waals surface area (Å²) in [7, 11) is 0. The topological polar surface area (TPSA) is 45.4 Å². The molecule has 0 bridgehead atoms. The molecule has 1 aromatic carbocycles. The SMILES string of the molecule is NCc1cccnc1N1CCN(c2ccc(F)cc2)CC1. The Morgan fingerprint density at radius 1 is 1.00 bits per heavy atom. The zero-order valence-electron chi connectivity index (χ0n) is 11.9. The Balaban J connectivity index is 1.69. The van der Waals surface area contributed by atoms with Crippen molar-refractivity contribution in [1.29, 1.82) is 0 Å². The van der Waals surface area contributed by atoms with Crippen LogP contribution < -0.4 is 15.5 Å². The fraction of sp³-hybridized carbons (Fsp3) is 0.312. The number of anilines is 2. The number of aromatic nitrogens is 1. The van der Waals surface area contributed by atoms with Crippen molar-refractivity contribution in [2.24, 2.45) is 5.73 Å². The summed E-state index contributed by atoms with van der Waals surface area (Å²) in [6.45, 7) is 4.07. The van der Waals surface area contributed by atoms with Crippen LogP contribution in [-0.4, -0.2) is 31.2 Å². The van der Waals surface area contributed by atoms with Gasteiger partial charge in [0, 0.05) is 50.2 Å². The van der Waals surface area contributed by atoms with Crippen LogP contribution in [0.1, 0.15) is 5.56 Å². The average Bonchev–Trinajstić information content (AvgIpc) is 2.56. The molecule has 0 radical (unpaired) electrons. The molecule has 1 aliphatic heterocycles. The second-order valence-electron chi connectivity index (χ2n) is 5.14. The monoisotopic (exact) mass is 286 g/mol. The van der Waals surface area contributed by atoms with Gasteiger partial charge in [0.15, 0.2) is 0 Å². The fourth-order valence-electron chi connectivity index (χ4n) is 2.70. The largest absolute Gasteiger partial charge is 0.368 e. The van der Waals surface area contributed by atoms with Crippen LogP contribution in [0.4, 0.5) is 15.9 Å². The summed E-state index contributed by atoms with van der Waals surface area (Å²) in [5, 5.41) is 0. The standard InChI is InChI=1S/C16H19FN4/c17-14-3-5-15(6-4-14)20-8-10-21(11-9-20)16-13(12-18)2-1-7-19-16/h1-7H,8-12,18H2. The molecule has 1 aromatic heterocycles. The lowest BCUT2D eigenvalue weighted by molar-refractivity contribution is 0.624. The molecular weight excluding hydrogens is 267 g/mol. The number of hydrogen-bond donors (Lipinski definition) is 1. The van der Waals surface area contributed by atoms with Gasteiger partial charge in [-0.2, -0.15) is 0 Å². The molecule has 2 aromatic rings. The van der Waals surface area contributed by atoms with Gasteiger partial charge in [0.2, 0.25) is 0 Å². The van der Waals surface area contributed by atoms with Crippen molar-refractivity contribution >= 4 is 11.5 Å². The predicted molar refractivity (Wildman–Crippen MR) is 83.0 cm³/mol. The van der Waals surface area contributed by atoms with Crippen LogP contribution in [0.5, 0.6) is 0 Å². The van der Waals surface area contributed by atoms with E-state index < -0.39 is 0 Å². The molecule has 1 fully saturated rings. The molecule has 2 N–H and O–H groups in total. The van der Waals surface area contributed by atoms with E-state index in [2.05, 4.69) is 14.8 Å². The quantitative estimate of drug-likeness (QED) is 0.937. The van der Waals surface area contributed by atoms with Crippen LogP contribution in [0.2, 0.25) is 0 Å². The van der Waals surface area contributed by atoms with E-state index in [1.54, 1.807) is 6.20 Å². The molecule has 0 atom stereocenters. The molecule has 1 saturated heterocycles. The molecule has 21 heavy (non-hydrogen) atoms. The molecular formula is C16H19FN4. The lowest BCUT2D eigenvalue weighted by Crippen LogP contribution is -2.47. The number of halogens is 1. The number of nitrogens with two attached hydrogens (primary N) is 1. The average molecular weight is 286 g/mol. The van der Waals surface area contributed by atoms with Crippen molar-refractivity contribution in [3.63, 3.8) is 0 Å². The Kier molecular flexibility index (Phi) is 4.01. The minimum atomic E-state index is -0.196. The smallest absolute Gasteiger partial charge is 0.133 e. The maximum atomic E-state index is 13.0. The summed E-state index contributed by atoms with van der Waals surface area (Å²) < 4.78 is 13.0. The van der Waals surface area contributed by atoms with E-state index in [0.717, 1.165) is 43.2 Å². The molecule has 5 heteroatoms. The summed E-state index contributed by atoms with van der Waals surface area (Å²) in [4.78, 5) is 8.99. The van der Waals surface area contributed by atoms with Gasteiger partial charge in [-0.05, 0) is 30.3 Å². The Morgan fingerprint density at radius 2 is 1.67 bits per heavy atom. The van der Waals surface area contributed by atoms with Crippen LogP contribution in [0.3, 0.4) is 0 Å². The Labute approximate surface area is 124 Å². The van der Waals surface area contributed by atoms with Crippen molar-refractivity contribution in [1.82, 2.24) is 4.98 Å². The highest BCUT2D eigenvalue weighted by Crippen LogP contribution is 2.21. The summed E-state index contributed by atoms with van der Waals surface area (Å²) in [5.74, 6) is 0.789. The number of piperazine rings is 1. The third kappa shape index (κ3) is 2.97. The first-order valence-electron chi connectivity index (χ1n) is 7.17. The van der Waals surface area contributed by atoms with Crippen molar-refractivity contribution in [3.8, 4) is 0 Å². The van der Waals surface area contributed by atoms with E-state index in [4.69, 9.17) is 5.73 Å². The fourth-order valence-corrected chi connectivity index (χ4v) is 2.70. The van der Waals surface area contributed by atoms with Crippen molar-refractivity contribution in [2.75, 3.05) is 36.0 Å². The highest BCUT2D eigenvalue weighted by molar-refractivity contribution is 5.51. The normalized spacial score (nSPS) is 15.3. The number of hydrogen-bond acceptors (Lipinski definition) is 4. The molecule has 0 saturated carbocycles. The Morgan fingerprint density at radius 3 is 2.33 bits per heavy atom. The van der Waals surface area contributed by atoms with E-state index in [9.17, 15) is 4.39 Å². The summed E-state index contributed by atoms with van der Waals surface area (Å²) in [5.41, 5.74) is 7.92. The lowest BCUT2D eigenvalue weighted by Gasteiger charge is -2.37. The van der Waals surface area contributed by atoms with E-state index in [0.29, 0.717) is 6.54 Å². The maximum absolute atomic E-state index is 13.0. The molecule has 0 aliphatic carbocycles. The molecule has 4 nitrogen and oxygen atoms in total. The summed E-state index contributed by atoms with van der Waals surface area (Å²) in [6, 6.07) is 10.6. The van der Waals surface area contributed by atoms with E-state index in [1.165, 1.54) is 12.1 Å². The molecule has 3 rings (SSSR count). The van der Waals surface area contributed by atoms with Gasteiger partial charge in [-0.3, -0.25) is 0 Å². The second kappa shape index (κ2) is 6.10. The highest BCUT2D eigenvalue weighted by Gasteiger charge is 2.19. The molecule has 0 unspecified atom stereocenters. The third-order valence-electron chi connectivity index (χ3n) is 3.86. The lowest BCUT2D eigenvalue weighted by atomic mass is 10.2. The van der Waals surface area contributed by atoms with Crippen LogP contribution in [0.15, 0.2) is 42.6 Å². The van der Waals surface area contributed by atoms with Crippen LogP contribution in [0, 0.1) is 5.82 Å². The van der Waals surface area contributed by atoms with Gasteiger partial charge in [0.25, 0.3) is 0 Å².